The molecule has 142 valence electrons. The number of nitrogens with zero attached hydrogens (tertiary/aromatic N) is 2. The van der Waals surface area contributed by atoms with E-state index in [0.717, 1.165) is 63.1 Å². The maximum Gasteiger partial charge on any atom is 0.314 e. The van der Waals surface area contributed by atoms with Crippen molar-refractivity contribution in [1.29, 1.82) is 0 Å². The van der Waals surface area contributed by atoms with E-state index in [2.05, 4.69) is 21.6 Å². The number of hydrogen-bond acceptors (Lipinski definition) is 3. The van der Waals surface area contributed by atoms with E-state index in [1.165, 1.54) is 6.42 Å². The van der Waals surface area contributed by atoms with Crippen LogP contribution in [-0.4, -0.2) is 55.6 Å². The van der Waals surface area contributed by atoms with Crippen LogP contribution in [0.2, 0.25) is 0 Å². The maximum atomic E-state index is 13.0. The summed E-state index contributed by atoms with van der Waals surface area (Å²) in [6.07, 6.45) is 5.21. The van der Waals surface area contributed by atoms with Crippen molar-refractivity contribution in [2.45, 2.75) is 45.1 Å². The van der Waals surface area contributed by atoms with E-state index in [1.54, 1.807) is 0 Å². The van der Waals surface area contributed by atoms with Crippen molar-refractivity contribution < 1.29 is 9.59 Å². The Morgan fingerprint density at radius 3 is 2.42 bits per heavy atom. The van der Waals surface area contributed by atoms with Gasteiger partial charge in [0.15, 0.2) is 0 Å². The average molecular weight is 358 g/mol. The Morgan fingerprint density at radius 2 is 1.73 bits per heavy atom. The number of benzene rings is 1. The van der Waals surface area contributed by atoms with E-state index in [9.17, 15) is 9.59 Å². The molecule has 2 heterocycles. The van der Waals surface area contributed by atoms with Gasteiger partial charge in [0.25, 0.3) is 5.91 Å². The normalized spacial score (nSPS) is 18.5. The Kier molecular flexibility index (Phi) is 6.36. The van der Waals surface area contributed by atoms with Crippen LogP contribution in [0.1, 0.15) is 49.4 Å². The van der Waals surface area contributed by atoms with Gasteiger partial charge in [-0.05, 0) is 51.2 Å². The zero-order chi connectivity index (χ0) is 18.4. The topological polar surface area (TPSA) is 64.7 Å². The smallest absolute Gasteiger partial charge is 0.314 e. The van der Waals surface area contributed by atoms with E-state index in [1.807, 2.05) is 30.0 Å². The molecule has 0 aliphatic carbocycles. The fourth-order valence-corrected chi connectivity index (χ4v) is 3.86. The summed E-state index contributed by atoms with van der Waals surface area (Å²) in [4.78, 5) is 29.0. The highest BCUT2D eigenvalue weighted by Gasteiger charge is 2.26. The fraction of sp³-hybridized carbons (Fsp3) is 0.600. The zero-order valence-electron chi connectivity index (χ0n) is 15.7. The number of nitrogens with one attached hydrogen (secondary N) is 2. The van der Waals surface area contributed by atoms with Gasteiger partial charge in [-0.25, -0.2) is 4.79 Å². The van der Waals surface area contributed by atoms with Crippen molar-refractivity contribution in [2.75, 3.05) is 37.6 Å². The lowest BCUT2D eigenvalue weighted by Gasteiger charge is -2.35. The van der Waals surface area contributed by atoms with Gasteiger partial charge >= 0.3 is 6.03 Å². The van der Waals surface area contributed by atoms with Crippen molar-refractivity contribution in [3.8, 4) is 0 Å². The van der Waals surface area contributed by atoms with Gasteiger partial charge in [0.05, 0.1) is 5.56 Å². The summed E-state index contributed by atoms with van der Waals surface area (Å²) < 4.78 is 0. The van der Waals surface area contributed by atoms with E-state index in [-0.39, 0.29) is 18.0 Å². The quantitative estimate of drug-likeness (QED) is 0.870. The largest absolute Gasteiger partial charge is 0.371 e. The number of hydrogen-bond donors (Lipinski definition) is 2. The van der Waals surface area contributed by atoms with Gasteiger partial charge in [-0.1, -0.05) is 12.1 Å². The Bertz CT molecular complexity index is 620. The lowest BCUT2D eigenvalue weighted by molar-refractivity contribution is 0.0725. The number of carbonyl (C=O) groups excluding carboxylic acids is 2. The minimum Gasteiger partial charge on any atom is -0.371 e. The summed E-state index contributed by atoms with van der Waals surface area (Å²) in [6.45, 7) is 5.98. The molecule has 2 aliphatic heterocycles. The highest BCUT2D eigenvalue weighted by molar-refractivity contribution is 5.99. The molecule has 0 aromatic heterocycles. The summed E-state index contributed by atoms with van der Waals surface area (Å²) in [5, 5.41) is 5.81. The minimum atomic E-state index is -0.0911. The number of anilines is 1. The lowest BCUT2D eigenvalue weighted by atomic mass is 10.0. The van der Waals surface area contributed by atoms with Gasteiger partial charge in [0.2, 0.25) is 0 Å². The second-order valence-electron chi connectivity index (χ2n) is 7.14. The first kappa shape index (κ1) is 18.5. The summed E-state index contributed by atoms with van der Waals surface area (Å²) in [6, 6.07) is 8.06. The van der Waals surface area contributed by atoms with E-state index >= 15 is 0 Å². The second kappa shape index (κ2) is 8.92. The first-order chi connectivity index (χ1) is 12.7. The number of rotatable bonds is 4. The Morgan fingerprint density at radius 1 is 1.04 bits per heavy atom. The van der Waals surface area contributed by atoms with Crippen LogP contribution in [0, 0.1) is 0 Å². The molecular formula is C20H30N4O2. The molecule has 6 nitrogen and oxygen atoms in total. The summed E-state index contributed by atoms with van der Waals surface area (Å²) in [7, 11) is 0. The van der Waals surface area contributed by atoms with Crippen LogP contribution in [0.25, 0.3) is 0 Å². The molecule has 6 heteroatoms. The van der Waals surface area contributed by atoms with Crippen LogP contribution in [0.5, 0.6) is 0 Å². The van der Waals surface area contributed by atoms with Gasteiger partial charge < -0.3 is 20.4 Å². The molecule has 0 spiro atoms. The Hall–Kier alpha value is -2.24. The minimum absolute atomic E-state index is 0.0911. The number of amides is 3. The highest BCUT2D eigenvalue weighted by Crippen LogP contribution is 2.26. The molecular weight excluding hydrogens is 328 g/mol. The van der Waals surface area contributed by atoms with Gasteiger partial charge in [0.1, 0.15) is 0 Å². The molecule has 0 radical (unpaired) electrons. The first-order valence-corrected chi connectivity index (χ1v) is 9.86. The molecule has 2 N–H and O–H groups in total. The average Bonchev–Trinajstić information content (AvgIpc) is 2.69. The third kappa shape index (κ3) is 4.48. The molecule has 0 unspecified atom stereocenters. The molecule has 3 amide bonds. The molecule has 0 saturated carbocycles. The molecule has 26 heavy (non-hydrogen) atoms. The van der Waals surface area contributed by atoms with Crippen LogP contribution in [0.3, 0.4) is 0 Å². The lowest BCUT2D eigenvalue weighted by Crippen LogP contribution is -2.48. The molecule has 0 atom stereocenters. The monoisotopic (exact) mass is 358 g/mol. The van der Waals surface area contributed by atoms with Crippen molar-refractivity contribution in [3.05, 3.63) is 29.8 Å². The first-order valence-electron chi connectivity index (χ1n) is 9.86. The second-order valence-corrected chi connectivity index (χ2v) is 7.14. The van der Waals surface area contributed by atoms with E-state index in [0.29, 0.717) is 6.54 Å². The van der Waals surface area contributed by atoms with Crippen LogP contribution in [-0.2, 0) is 0 Å². The number of urea groups is 1. The molecule has 1 aromatic carbocycles. The van der Waals surface area contributed by atoms with Gasteiger partial charge in [0, 0.05) is 44.5 Å². The fourth-order valence-electron chi connectivity index (χ4n) is 3.86. The zero-order valence-corrected chi connectivity index (χ0v) is 15.7. The third-order valence-corrected chi connectivity index (χ3v) is 5.29. The van der Waals surface area contributed by atoms with Crippen LogP contribution in [0.15, 0.2) is 24.3 Å². The Balaban J connectivity index is 1.63. The summed E-state index contributed by atoms with van der Waals surface area (Å²) in [5.74, 6) is 0.155. The number of para-hydroxylation sites is 1. The van der Waals surface area contributed by atoms with Crippen molar-refractivity contribution in [1.82, 2.24) is 15.5 Å². The van der Waals surface area contributed by atoms with Gasteiger partial charge in [-0.2, -0.15) is 0 Å². The van der Waals surface area contributed by atoms with Crippen molar-refractivity contribution in [3.63, 3.8) is 0 Å². The van der Waals surface area contributed by atoms with Gasteiger partial charge in [-0.15, -0.1) is 0 Å². The number of carbonyl (C=O) groups is 2. The van der Waals surface area contributed by atoms with E-state index in [4.69, 9.17) is 0 Å². The SMILES string of the molecule is CCNC(=O)NC1CCN(c2ccccc2C(=O)N2CCCCC2)CC1. The summed E-state index contributed by atoms with van der Waals surface area (Å²) >= 11 is 0. The molecule has 2 fully saturated rings. The van der Waals surface area contributed by atoms with Gasteiger partial charge in [-0.3, -0.25) is 4.79 Å². The molecule has 2 saturated heterocycles. The molecule has 2 aliphatic rings. The maximum absolute atomic E-state index is 13.0. The van der Waals surface area contributed by atoms with Crippen molar-refractivity contribution in [2.24, 2.45) is 0 Å². The van der Waals surface area contributed by atoms with Crippen LogP contribution >= 0.6 is 0 Å². The van der Waals surface area contributed by atoms with Crippen molar-refractivity contribution >= 4 is 17.6 Å². The number of piperidine rings is 2. The Labute approximate surface area is 155 Å². The summed E-state index contributed by atoms with van der Waals surface area (Å²) in [5.41, 5.74) is 1.84. The molecule has 1 aromatic rings. The predicted molar refractivity (Wildman–Crippen MR) is 104 cm³/mol. The highest BCUT2D eigenvalue weighted by atomic mass is 16.2. The molecule has 3 rings (SSSR count). The third-order valence-electron chi connectivity index (χ3n) is 5.29. The van der Waals surface area contributed by atoms with Crippen LogP contribution < -0.4 is 15.5 Å². The standard InChI is InChI=1S/C20H30N4O2/c1-2-21-20(26)22-16-10-14-23(15-11-16)18-9-5-4-8-17(18)19(25)24-12-6-3-7-13-24/h4-5,8-9,16H,2-3,6-7,10-15H2,1H3,(H2,21,22,26). The van der Waals surface area contributed by atoms with Crippen LogP contribution in [0.4, 0.5) is 10.5 Å². The molecule has 0 bridgehead atoms. The predicted octanol–water partition coefficient (Wildman–Crippen LogP) is 2.60. The van der Waals surface area contributed by atoms with E-state index < -0.39 is 0 Å². The number of likely N-dealkylation sites (tertiary alicyclic amines) is 1.